The molecule has 0 aliphatic carbocycles. The molecule has 0 radical (unpaired) electrons. The molecule has 1 aromatic carbocycles. The van der Waals surface area contributed by atoms with Crippen molar-refractivity contribution in [1.29, 1.82) is 0 Å². The van der Waals surface area contributed by atoms with E-state index >= 15 is 0 Å². The van der Waals surface area contributed by atoms with Gasteiger partial charge in [-0.25, -0.2) is 8.42 Å². The highest BCUT2D eigenvalue weighted by Crippen LogP contribution is 2.26. The van der Waals surface area contributed by atoms with E-state index in [-0.39, 0.29) is 23.3 Å². The van der Waals surface area contributed by atoms with Crippen molar-refractivity contribution >= 4 is 27.5 Å². The molecule has 0 bridgehead atoms. The lowest BCUT2D eigenvalue weighted by Gasteiger charge is -2.37. The number of piperazine rings is 1. The first kappa shape index (κ1) is 18.6. The SMILES string of the molecule is CN1CCN(C(=O)[C@@H]2CCCN(S(=O)(=O)c3ccc(Cl)cc3)C2)CC1. The molecule has 25 heavy (non-hydrogen) atoms. The number of rotatable bonds is 3. The van der Waals surface area contributed by atoms with Gasteiger partial charge in [-0.1, -0.05) is 11.6 Å². The van der Waals surface area contributed by atoms with Gasteiger partial charge in [-0.15, -0.1) is 0 Å². The third-order valence-electron chi connectivity index (χ3n) is 5.00. The molecular weight excluding hydrogens is 362 g/mol. The van der Waals surface area contributed by atoms with E-state index in [9.17, 15) is 13.2 Å². The quantitative estimate of drug-likeness (QED) is 0.791. The molecule has 1 atom stereocenters. The zero-order chi connectivity index (χ0) is 18.0. The standard InChI is InChI=1S/C17H24ClN3O3S/c1-19-9-11-20(12-10-19)17(22)14-3-2-8-21(13-14)25(23,24)16-6-4-15(18)5-7-16/h4-7,14H,2-3,8-13H2,1H3/t14-/m1/s1. The zero-order valence-electron chi connectivity index (χ0n) is 14.4. The predicted molar refractivity (Wildman–Crippen MR) is 97.0 cm³/mol. The first-order chi connectivity index (χ1) is 11.9. The Morgan fingerprint density at radius 2 is 1.72 bits per heavy atom. The van der Waals surface area contributed by atoms with Crippen molar-refractivity contribution in [3.05, 3.63) is 29.3 Å². The van der Waals surface area contributed by atoms with Crippen molar-refractivity contribution < 1.29 is 13.2 Å². The van der Waals surface area contributed by atoms with E-state index in [2.05, 4.69) is 4.90 Å². The molecule has 2 aliphatic heterocycles. The van der Waals surface area contributed by atoms with Crippen LogP contribution in [0.25, 0.3) is 0 Å². The molecule has 2 heterocycles. The van der Waals surface area contributed by atoms with Crippen molar-refractivity contribution in [3.8, 4) is 0 Å². The summed E-state index contributed by atoms with van der Waals surface area (Å²) in [6.07, 6.45) is 1.45. The van der Waals surface area contributed by atoms with Gasteiger partial charge in [0.25, 0.3) is 0 Å². The summed E-state index contributed by atoms with van der Waals surface area (Å²) in [6, 6.07) is 6.18. The van der Waals surface area contributed by atoms with Gasteiger partial charge in [0, 0.05) is 44.3 Å². The molecule has 3 rings (SSSR count). The van der Waals surface area contributed by atoms with E-state index < -0.39 is 10.0 Å². The summed E-state index contributed by atoms with van der Waals surface area (Å²) in [5, 5.41) is 0.501. The van der Waals surface area contributed by atoms with Crippen LogP contribution in [0.5, 0.6) is 0 Å². The van der Waals surface area contributed by atoms with Gasteiger partial charge in [0.15, 0.2) is 0 Å². The molecule has 138 valence electrons. The number of hydrogen-bond donors (Lipinski definition) is 0. The zero-order valence-corrected chi connectivity index (χ0v) is 16.0. The Morgan fingerprint density at radius 1 is 1.08 bits per heavy atom. The number of nitrogens with zero attached hydrogens (tertiary/aromatic N) is 3. The number of benzene rings is 1. The van der Waals surface area contributed by atoms with Crippen LogP contribution in [0.15, 0.2) is 29.2 Å². The fourth-order valence-corrected chi connectivity index (χ4v) is 5.05. The predicted octanol–water partition coefficient (Wildman–Crippen LogP) is 1.51. The second-order valence-corrected chi connectivity index (χ2v) is 9.16. The van der Waals surface area contributed by atoms with E-state index in [4.69, 9.17) is 11.6 Å². The summed E-state index contributed by atoms with van der Waals surface area (Å²) in [4.78, 5) is 17.1. The van der Waals surface area contributed by atoms with Gasteiger partial charge in [0.1, 0.15) is 0 Å². The fraction of sp³-hybridized carbons (Fsp3) is 0.588. The van der Waals surface area contributed by atoms with Crippen LogP contribution in [-0.2, 0) is 14.8 Å². The highest BCUT2D eigenvalue weighted by Gasteiger charge is 2.35. The van der Waals surface area contributed by atoms with Crippen LogP contribution >= 0.6 is 11.6 Å². The average Bonchev–Trinajstić information content (AvgIpc) is 2.62. The molecule has 2 aliphatic rings. The smallest absolute Gasteiger partial charge is 0.243 e. The highest BCUT2D eigenvalue weighted by molar-refractivity contribution is 7.89. The molecule has 6 nitrogen and oxygen atoms in total. The van der Waals surface area contributed by atoms with Gasteiger partial charge in [-0.05, 0) is 44.2 Å². The van der Waals surface area contributed by atoms with Crippen LogP contribution in [-0.4, -0.2) is 74.7 Å². The van der Waals surface area contributed by atoms with Crippen molar-refractivity contribution in [2.75, 3.05) is 46.3 Å². The number of carbonyl (C=O) groups excluding carboxylic acids is 1. The number of sulfonamides is 1. The molecule has 0 saturated carbocycles. The number of halogens is 1. The van der Waals surface area contributed by atoms with Gasteiger partial charge in [-0.3, -0.25) is 4.79 Å². The summed E-state index contributed by atoms with van der Waals surface area (Å²) < 4.78 is 27.1. The summed E-state index contributed by atoms with van der Waals surface area (Å²) in [5.41, 5.74) is 0. The van der Waals surface area contributed by atoms with Gasteiger partial charge in [0.2, 0.25) is 15.9 Å². The van der Waals surface area contributed by atoms with E-state index in [1.165, 1.54) is 16.4 Å². The molecule has 8 heteroatoms. The van der Waals surface area contributed by atoms with Gasteiger partial charge < -0.3 is 9.80 Å². The van der Waals surface area contributed by atoms with E-state index in [0.717, 1.165) is 32.6 Å². The van der Waals surface area contributed by atoms with Crippen LogP contribution in [0, 0.1) is 5.92 Å². The summed E-state index contributed by atoms with van der Waals surface area (Å²) in [5.74, 6) is -0.164. The lowest BCUT2D eigenvalue weighted by Crippen LogP contribution is -2.52. The van der Waals surface area contributed by atoms with Crippen LogP contribution in [0.4, 0.5) is 0 Å². The fourth-order valence-electron chi connectivity index (χ4n) is 3.40. The molecule has 0 spiro atoms. The van der Waals surface area contributed by atoms with Gasteiger partial charge in [0.05, 0.1) is 10.8 Å². The lowest BCUT2D eigenvalue weighted by molar-refractivity contribution is -0.138. The van der Waals surface area contributed by atoms with Crippen LogP contribution in [0.1, 0.15) is 12.8 Å². The Balaban J connectivity index is 1.70. The molecule has 0 aromatic heterocycles. The van der Waals surface area contributed by atoms with Crippen molar-refractivity contribution in [3.63, 3.8) is 0 Å². The van der Waals surface area contributed by atoms with Gasteiger partial charge in [-0.2, -0.15) is 4.31 Å². The second-order valence-electron chi connectivity index (χ2n) is 6.78. The summed E-state index contributed by atoms with van der Waals surface area (Å²) >= 11 is 5.85. The maximum atomic E-state index is 12.8. The third-order valence-corrected chi connectivity index (χ3v) is 7.13. The minimum Gasteiger partial charge on any atom is -0.340 e. The second kappa shape index (κ2) is 7.61. The number of hydrogen-bond acceptors (Lipinski definition) is 4. The Hall–Kier alpha value is -1.15. The van der Waals surface area contributed by atoms with Gasteiger partial charge >= 0.3 is 0 Å². The topological polar surface area (TPSA) is 60.9 Å². The first-order valence-corrected chi connectivity index (χ1v) is 10.4. The minimum absolute atomic E-state index is 0.0871. The monoisotopic (exact) mass is 385 g/mol. The number of carbonyl (C=O) groups is 1. The molecule has 0 N–H and O–H groups in total. The third kappa shape index (κ3) is 4.16. The summed E-state index contributed by atoms with van der Waals surface area (Å²) in [7, 11) is -1.54. The minimum atomic E-state index is -3.59. The number of amides is 1. The molecule has 2 saturated heterocycles. The number of likely N-dealkylation sites (N-methyl/N-ethyl adjacent to an activating group) is 1. The van der Waals surface area contributed by atoms with E-state index in [0.29, 0.717) is 18.0 Å². The Kier molecular flexibility index (Phi) is 5.68. The summed E-state index contributed by atoms with van der Waals surface area (Å²) in [6.45, 7) is 3.88. The molecule has 0 unspecified atom stereocenters. The molecule has 2 fully saturated rings. The van der Waals surface area contributed by atoms with Crippen LogP contribution < -0.4 is 0 Å². The van der Waals surface area contributed by atoms with E-state index in [1.807, 2.05) is 11.9 Å². The van der Waals surface area contributed by atoms with Crippen molar-refractivity contribution in [2.24, 2.45) is 5.92 Å². The average molecular weight is 386 g/mol. The maximum Gasteiger partial charge on any atom is 0.243 e. The Morgan fingerprint density at radius 3 is 2.36 bits per heavy atom. The molecule has 1 aromatic rings. The Bertz CT molecular complexity index is 715. The Labute approximate surface area is 154 Å². The number of piperidine rings is 1. The lowest BCUT2D eigenvalue weighted by atomic mass is 9.98. The van der Waals surface area contributed by atoms with E-state index in [1.54, 1.807) is 12.1 Å². The van der Waals surface area contributed by atoms with Crippen molar-refractivity contribution in [2.45, 2.75) is 17.7 Å². The van der Waals surface area contributed by atoms with Crippen LogP contribution in [0.2, 0.25) is 5.02 Å². The maximum absolute atomic E-state index is 12.8. The first-order valence-electron chi connectivity index (χ1n) is 8.61. The molecular formula is C17H24ClN3O3S. The highest BCUT2D eigenvalue weighted by atomic mass is 35.5. The normalized spacial score (nSPS) is 23.6. The molecule has 1 amide bonds. The largest absolute Gasteiger partial charge is 0.340 e. The van der Waals surface area contributed by atoms with Crippen molar-refractivity contribution in [1.82, 2.24) is 14.1 Å². The van der Waals surface area contributed by atoms with Crippen LogP contribution in [0.3, 0.4) is 0 Å².